The van der Waals surface area contributed by atoms with Gasteiger partial charge in [-0.3, -0.25) is 4.90 Å². The Labute approximate surface area is 105 Å². The van der Waals surface area contributed by atoms with Gasteiger partial charge in [0.05, 0.1) is 0 Å². The molecule has 2 nitrogen and oxygen atoms in total. The van der Waals surface area contributed by atoms with Gasteiger partial charge < -0.3 is 5.73 Å². The Kier molecular flexibility index (Phi) is 4.19. The molecule has 0 aliphatic carbocycles. The van der Waals surface area contributed by atoms with E-state index in [2.05, 4.69) is 43.0 Å². The minimum atomic E-state index is 0.401. The van der Waals surface area contributed by atoms with Crippen LogP contribution in [0, 0.1) is 12.8 Å². The van der Waals surface area contributed by atoms with Crippen LogP contribution in [0.1, 0.15) is 36.9 Å². The molecule has 0 unspecified atom stereocenters. The van der Waals surface area contributed by atoms with E-state index in [1.54, 1.807) is 0 Å². The zero-order valence-corrected chi connectivity index (χ0v) is 11.0. The Hall–Kier alpha value is -0.860. The summed E-state index contributed by atoms with van der Waals surface area (Å²) in [5.74, 6) is 0.808. The molecular weight excluding hydrogens is 208 g/mol. The summed E-state index contributed by atoms with van der Waals surface area (Å²) in [7, 11) is 0. The number of rotatable bonds is 3. The van der Waals surface area contributed by atoms with E-state index in [0.717, 1.165) is 12.5 Å². The van der Waals surface area contributed by atoms with E-state index in [4.69, 9.17) is 5.73 Å². The molecule has 94 valence electrons. The summed E-state index contributed by atoms with van der Waals surface area (Å²) >= 11 is 0. The van der Waals surface area contributed by atoms with Gasteiger partial charge in [-0.25, -0.2) is 0 Å². The monoisotopic (exact) mass is 232 g/mol. The van der Waals surface area contributed by atoms with E-state index in [9.17, 15) is 0 Å². The summed E-state index contributed by atoms with van der Waals surface area (Å²) in [6.45, 7) is 7.60. The third-order valence-corrected chi connectivity index (χ3v) is 3.78. The molecule has 0 bridgehead atoms. The van der Waals surface area contributed by atoms with Crippen molar-refractivity contribution in [1.82, 2.24) is 4.90 Å². The number of hydrogen-bond acceptors (Lipinski definition) is 2. The van der Waals surface area contributed by atoms with Crippen molar-refractivity contribution in [3.8, 4) is 0 Å². The molecule has 0 radical (unpaired) electrons. The maximum atomic E-state index is 5.99. The number of benzene rings is 1. The number of likely N-dealkylation sites (tertiary alicyclic amines) is 1. The van der Waals surface area contributed by atoms with Gasteiger partial charge in [0.1, 0.15) is 0 Å². The summed E-state index contributed by atoms with van der Waals surface area (Å²) < 4.78 is 0. The van der Waals surface area contributed by atoms with Crippen LogP contribution < -0.4 is 5.73 Å². The van der Waals surface area contributed by atoms with Gasteiger partial charge in [0.2, 0.25) is 0 Å². The lowest BCUT2D eigenvalue weighted by molar-refractivity contribution is 0.133. The predicted molar refractivity (Wildman–Crippen MR) is 72.9 cm³/mol. The topological polar surface area (TPSA) is 29.3 Å². The highest BCUT2D eigenvalue weighted by Crippen LogP contribution is 2.26. The highest BCUT2D eigenvalue weighted by atomic mass is 15.2. The molecule has 2 heteroatoms. The largest absolute Gasteiger partial charge is 0.329 e. The molecule has 0 amide bonds. The lowest BCUT2D eigenvalue weighted by Gasteiger charge is -2.37. The summed E-state index contributed by atoms with van der Waals surface area (Å²) in [6.07, 6.45) is 2.67. The van der Waals surface area contributed by atoms with Crippen LogP contribution >= 0.6 is 0 Å². The minimum Gasteiger partial charge on any atom is -0.329 e. The molecule has 2 rings (SSSR count). The maximum Gasteiger partial charge on any atom is 0.0470 e. The number of hydrogen-bond donors (Lipinski definition) is 1. The van der Waals surface area contributed by atoms with Crippen molar-refractivity contribution in [1.29, 1.82) is 0 Å². The molecule has 17 heavy (non-hydrogen) atoms. The first-order chi connectivity index (χ1) is 8.20. The number of piperidine rings is 1. The van der Waals surface area contributed by atoms with Gasteiger partial charge in [0.25, 0.3) is 0 Å². The second-order valence-electron chi connectivity index (χ2n) is 5.41. The summed E-state index contributed by atoms with van der Waals surface area (Å²) in [5, 5.41) is 0. The molecule has 1 fully saturated rings. The number of nitrogens with zero attached hydrogens (tertiary/aromatic N) is 1. The van der Waals surface area contributed by atoms with Crippen molar-refractivity contribution < 1.29 is 0 Å². The quantitative estimate of drug-likeness (QED) is 0.868. The molecule has 1 aromatic rings. The molecule has 1 heterocycles. The van der Waals surface area contributed by atoms with Crippen LogP contribution in [0.15, 0.2) is 24.3 Å². The van der Waals surface area contributed by atoms with Gasteiger partial charge in [-0.15, -0.1) is 0 Å². The second kappa shape index (κ2) is 5.65. The highest BCUT2D eigenvalue weighted by molar-refractivity contribution is 5.25. The molecule has 2 N–H and O–H groups in total. The molecule has 1 aromatic carbocycles. The van der Waals surface area contributed by atoms with Crippen molar-refractivity contribution in [2.75, 3.05) is 19.6 Å². The van der Waals surface area contributed by atoms with E-state index in [0.29, 0.717) is 6.04 Å². The van der Waals surface area contributed by atoms with Crippen LogP contribution in [0.3, 0.4) is 0 Å². The van der Waals surface area contributed by atoms with Crippen LogP contribution in [0.4, 0.5) is 0 Å². The zero-order valence-electron chi connectivity index (χ0n) is 11.0. The van der Waals surface area contributed by atoms with Gasteiger partial charge >= 0.3 is 0 Å². The minimum absolute atomic E-state index is 0.401. The standard InChI is InChI=1S/C15H24N2/c1-12-5-3-7-14(9-12)15(10-16)17-8-4-6-13(2)11-17/h3,5,7,9,13,15H,4,6,8,10-11,16H2,1-2H3/t13-,15+/m0/s1. The summed E-state index contributed by atoms with van der Waals surface area (Å²) in [4.78, 5) is 2.56. The maximum absolute atomic E-state index is 5.99. The fourth-order valence-electron chi connectivity index (χ4n) is 2.88. The fraction of sp³-hybridized carbons (Fsp3) is 0.600. The summed E-state index contributed by atoms with van der Waals surface area (Å²) in [6, 6.07) is 9.18. The molecule has 0 spiro atoms. The van der Waals surface area contributed by atoms with Crippen LogP contribution in [0.25, 0.3) is 0 Å². The van der Waals surface area contributed by atoms with Gasteiger partial charge in [0, 0.05) is 19.1 Å². The molecule has 1 aliphatic heterocycles. The van der Waals surface area contributed by atoms with Crippen molar-refractivity contribution in [2.24, 2.45) is 11.7 Å². The molecule has 0 aromatic heterocycles. The van der Waals surface area contributed by atoms with E-state index in [1.807, 2.05) is 0 Å². The Morgan fingerprint density at radius 2 is 2.29 bits per heavy atom. The normalized spacial score (nSPS) is 23.6. The molecule has 0 saturated carbocycles. The van der Waals surface area contributed by atoms with Gasteiger partial charge in [0.15, 0.2) is 0 Å². The second-order valence-corrected chi connectivity index (χ2v) is 5.41. The van der Waals surface area contributed by atoms with Crippen molar-refractivity contribution in [3.63, 3.8) is 0 Å². The Bertz CT molecular complexity index is 362. The van der Waals surface area contributed by atoms with Crippen molar-refractivity contribution >= 4 is 0 Å². The van der Waals surface area contributed by atoms with Gasteiger partial charge in [-0.2, -0.15) is 0 Å². The first-order valence-electron chi connectivity index (χ1n) is 6.71. The average Bonchev–Trinajstić information content (AvgIpc) is 2.30. The first-order valence-corrected chi connectivity index (χ1v) is 6.71. The molecule has 1 saturated heterocycles. The van der Waals surface area contributed by atoms with E-state index >= 15 is 0 Å². The zero-order chi connectivity index (χ0) is 12.3. The lowest BCUT2D eigenvalue weighted by Crippen LogP contribution is -2.40. The Morgan fingerprint density at radius 1 is 1.47 bits per heavy atom. The third kappa shape index (κ3) is 3.08. The van der Waals surface area contributed by atoms with Gasteiger partial charge in [-0.1, -0.05) is 36.8 Å². The smallest absolute Gasteiger partial charge is 0.0470 e. The van der Waals surface area contributed by atoms with E-state index in [1.165, 1.54) is 37.1 Å². The lowest BCUT2D eigenvalue weighted by atomic mass is 9.95. The number of nitrogens with two attached hydrogens (primary N) is 1. The molecule has 1 aliphatic rings. The highest BCUT2D eigenvalue weighted by Gasteiger charge is 2.23. The van der Waals surface area contributed by atoms with Crippen LogP contribution in [-0.4, -0.2) is 24.5 Å². The van der Waals surface area contributed by atoms with E-state index in [-0.39, 0.29) is 0 Å². The van der Waals surface area contributed by atoms with Crippen LogP contribution in [-0.2, 0) is 0 Å². The Balaban J connectivity index is 2.15. The van der Waals surface area contributed by atoms with Crippen molar-refractivity contribution in [3.05, 3.63) is 35.4 Å². The molecular formula is C15H24N2. The third-order valence-electron chi connectivity index (χ3n) is 3.78. The van der Waals surface area contributed by atoms with Gasteiger partial charge in [-0.05, 0) is 37.8 Å². The summed E-state index contributed by atoms with van der Waals surface area (Å²) in [5.41, 5.74) is 8.69. The average molecular weight is 232 g/mol. The van der Waals surface area contributed by atoms with Crippen LogP contribution in [0.5, 0.6) is 0 Å². The predicted octanol–water partition coefficient (Wildman–Crippen LogP) is 2.73. The fourth-order valence-corrected chi connectivity index (χ4v) is 2.88. The Morgan fingerprint density at radius 3 is 2.94 bits per heavy atom. The van der Waals surface area contributed by atoms with Crippen LogP contribution in [0.2, 0.25) is 0 Å². The number of aryl methyl sites for hydroxylation is 1. The van der Waals surface area contributed by atoms with Crippen molar-refractivity contribution in [2.45, 2.75) is 32.7 Å². The van der Waals surface area contributed by atoms with E-state index < -0.39 is 0 Å². The first kappa shape index (κ1) is 12.6. The SMILES string of the molecule is Cc1cccc([C@@H](CN)N2CCC[C@H](C)C2)c1. The molecule has 2 atom stereocenters.